The molecular formula is C13H22N4O4. The van der Waals surface area contributed by atoms with Crippen molar-refractivity contribution in [2.45, 2.75) is 32.2 Å². The molecule has 118 valence electrons. The van der Waals surface area contributed by atoms with Crippen LogP contribution in [-0.2, 0) is 19.2 Å². The van der Waals surface area contributed by atoms with E-state index in [-0.39, 0.29) is 24.2 Å². The first kappa shape index (κ1) is 16.9. The average Bonchev–Trinajstić information content (AvgIpc) is 2.45. The lowest BCUT2D eigenvalue weighted by Crippen LogP contribution is -2.51. The molecular weight excluding hydrogens is 276 g/mol. The maximum absolute atomic E-state index is 12.1. The highest BCUT2D eigenvalue weighted by Crippen LogP contribution is 2.17. The molecule has 0 spiro atoms. The van der Waals surface area contributed by atoms with E-state index in [0.29, 0.717) is 25.9 Å². The molecule has 1 rings (SSSR count). The minimum Gasteiger partial charge on any atom is -0.370 e. The van der Waals surface area contributed by atoms with Gasteiger partial charge in [0.2, 0.25) is 23.6 Å². The third kappa shape index (κ3) is 5.05. The van der Waals surface area contributed by atoms with E-state index in [4.69, 9.17) is 5.73 Å². The van der Waals surface area contributed by atoms with Gasteiger partial charge in [0.15, 0.2) is 0 Å². The Labute approximate surface area is 123 Å². The summed E-state index contributed by atoms with van der Waals surface area (Å²) in [6.07, 6.45) is 0.850. The number of carbonyl (C=O) groups excluding carboxylic acids is 4. The van der Waals surface area contributed by atoms with Crippen LogP contribution in [0.4, 0.5) is 0 Å². The van der Waals surface area contributed by atoms with Crippen molar-refractivity contribution in [2.24, 2.45) is 11.7 Å². The molecule has 4 amide bonds. The van der Waals surface area contributed by atoms with Gasteiger partial charge in [-0.25, -0.2) is 0 Å². The molecule has 0 aromatic heterocycles. The number of rotatable bonds is 5. The molecule has 1 saturated heterocycles. The first-order chi connectivity index (χ1) is 9.85. The first-order valence-electron chi connectivity index (χ1n) is 6.91. The molecule has 1 atom stereocenters. The number of hydrogen-bond acceptors (Lipinski definition) is 4. The van der Waals surface area contributed by atoms with Gasteiger partial charge in [0.1, 0.15) is 6.04 Å². The number of carbonyl (C=O) groups is 4. The third-order valence-corrected chi connectivity index (χ3v) is 3.60. The summed E-state index contributed by atoms with van der Waals surface area (Å²) in [7, 11) is 1.42. The van der Waals surface area contributed by atoms with E-state index in [0.717, 1.165) is 0 Å². The molecule has 0 radical (unpaired) electrons. The van der Waals surface area contributed by atoms with Crippen LogP contribution in [0.15, 0.2) is 0 Å². The van der Waals surface area contributed by atoms with E-state index >= 15 is 0 Å². The van der Waals surface area contributed by atoms with Crippen LogP contribution in [0.25, 0.3) is 0 Å². The highest BCUT2D eigenvalue weighted by Gasteiger charge is 2.29. The van der Waals surface area contributed by atoms with Crippen LogP contribution in [0.1, 0.15) is 26.2 Å². The van der Waals surface area contributed by atoms with Crippen LogP contribution < -0.4 is 16.4 Å². The largest absolute Gasteiger partial charge is 0.370 e. The molecule has 0 aliphatic carbocycles. The summed E-state index contributed by atoms with van der Waals surface area (Å²) in [4.78, 5) is 47.6. The zero-order chi connectivity index (χ0) is 16.0. The number of piperidine rings is 1. The number of hydrogen-bond donors (Lipinski definition) is 3. The van der Waals surface area contributed by atoms with Crippen molar-refractivity contribution in [1.82, 2.24) is 15.5 Å². The van der Waals surface area contributed by atoms with E-state index in [9.17, 15) is 19.2 Å². The van der Waals surface area contributed by atoms with Crippen LogP contribution in [0, 0.1) is 5.92 Å². The van der Waals surface area contributed by atoms with Crippen LogP contribution in [-0.4, -0.2) is 54.7 Å². The Morgan fingerprint density at radius 1 is 1.24 bits per heavy atom. The number of nitrogens with one attached hydrogen (secondary N) is 2. The highest BCUT2D eigenvalue weighted by atomic mass is 16.2. The molecule has 1 aliphatic rings. The van der Waals surface area contributed by atoms with Gasteiger partial charge in [0.05, 0.1) is 6.42 Å². The lowest BCUT2D eigenvalue weighted by molar-refractivity contribution is -0.136. The smallest absolute Gasteiger partial charge is 0.242 e. The predicted octanol–water partition coefficient (Wildman–Crippen LogP) is -1.65. The van der Waals surface area contributed by atoms with E-state index < -0.39 is 17.9 Å². The molecule has 1 aliphatic heterocycles. The molecule has 1 fully saturated rings. The van der Waals surface area contributed by atoms with Gasteiger partial charge in [-0.1, -0.05) is 0 Å². The summed E-state index contributed by atoms with van der Waals surface area (Å²) in [6.45, 7) is 2.54. The Hall–Kier alpha value is -2.12. The molecule has 4 N–H and O–H groups in total. The maximum Gasteiger partial charge on any atom is 0.242 e. The fraction of sp³-hybridized carbons (Fsp3) is 0.692. The van der Waals surface area contributed by atoms with Crippen LogP contribution in [0.5, 0.6) is 0 Å². The highest BCUT2D eigenvalue weighted by molar-refractivity contribution is 5.92. The zero-order valence-electron chi connectivity index (χ0n) is 12.3. The van der Waals surface area contributed by atoms with Crippen molar-refractivity contribution in [2.75, 3.05) is 20.1 Å². The lowest BCUT2D eigenvalue weighted by Gasteiger charge is -2.31. The maximum atomic E-state index is 12.1. The minimum atomic E-state index is -0.953. The number of likely N-dealkylation sites (N-methyl/N-ethyl adjacent to an activating group) is 1. The van der Waals surface area contributed by atoms with Crippen molar-refractivity contribution >= 4 is 23.6 Å². The summed E-state index contributed by atoms with van der Waals surface area (Å²) >= 11 is 0. The fourth-order valence-electron chi connectivity index (χ4n) is 2.33. The Balaban J connectivity index is 2.56. The van der Waals surface area contributed by atoms with E-state index in [2.05, 4.69) is 10.6 Å². The second-order valence-corrected chi connectivity index (χ2v) is 5.13. The number of amides is 4. The monoisotopic (exact) mass is 298 g/mol. The molecule has 0 bridgehead atoms. The molecule has 0 unspecified atom stereocenters. The third-order valence-electron chi connectivity index (χ3n) is 3.60. The van der Waals surface area contributed by atoms with Gasteiger partial charge >= 0.3 is 0 Å². The van der Waals surface area contributed by atoms with Crippen molar-refractivity contribution in [3.63, 3.8) is 0 Å². The Kier molecular flexibility index (Phi) is 6.13. The van der Waals surface area contributed by atoms with Crippen LogP contribution >= 0.6 is 0 Å². The summed E-state index contributed by atoms with van der Waals surface area (Å²) in [5, 5.41) is 4.94. The number of likely N-dealkylation sites (tertiary alicyclic amines) is 1. The SMILES string of the molecule is CNC(=O)[C@H](CC(N)=O)NC(=O)C1CCN(C(C)=O)CC1. The molecule has 8 heteroatoms. The Bertz CT molecular complexity index is 430. The van der Waals surface area contributed by atoms with Crippen molar-refractivity contribution < 1.29 is 19.2 Å². The molecule has 0 aromatic rings. The average molecular weight is 298 g/mol. The number of nitrogens with zero attached hydrogens (tertiary/aromatic N) is 1. The van der Waals surface area contributed by atoms with Gasteiger partial charge in [-0.3, -0.25) is 19.2 Å². The number of nitrogens with two attached hydrogens (primary N) is 1. The van der Waals surface area contributed by atoms with Crippen LogP contribution in [0.3, 0.4) is 0 Å². The lowest BCUT2D eigenvalue weighted by atomic mass is 9.95. The second kappa shape index (κ2) is 7.61. The molecule has 0 aromatic carbocycles. The van der Waals surface area contributed by atoms with Gasteiger partial charge in [0.25, 0.3) is 0 Å². The van der Waals surface area contributed by atoms with E-state index in [1.54, 1.807) is 4.90 Å². The van der Waals surface area contributed by atoms with Crippen LogP contribution in [0.2, 0.25) is 0 Å². The standard InChI is InChI=1S/C13H22N4O4/c1-8(18)17-5-3-9(4-6-17)12(20)16-10(7-11(14)19)13(21)15-2/h9-10H,3-7H2,1-2H3,(H2,14,19)(H,15,21)(H,16,20)/t10-/m0/s1. The predicted molar refractivity (Wildman–Crippen MR) is 74.8 cm³/mol. The Morgan fingerprint density at radius 3 is 2.24 bits per heavy atom. The fourth-order valence-corrected chi connectivity index (χ4v) is 2.33. The molecule has 21 heavy (non-hydrogen) atoms. The van der Waals surface area contributed by atoms with Gasteiger partial charge in [-0.15, -0.1) is 0 Å². The Morgan fingerprint density at radius 2 is 1.81 bits per heavy atom. The van der Waals surface area contributed by atoms with Gasteiger partial charge in [-0.2, -0.15) is 0 Å². The summed E-state index contributed by atoms with van der Waals surface area (Å²) in [6, 6.07) is -0.953. The van der Waals surface area contributed by atoms with Crippen molar-refractivity contribution in [3.8, 4) is 0 Å². The van der Waals surface area contributed by atoms with Gasteiger partial charge in [0, 0.05) is 33.0 Å². The molecule has 1 heterocycles. The van der Waals surface area contributed by atoms with Gasteiger partial charge in [-0.05, 0) is 12.8 Å². The van der Waals surface area contributed by atoms with Crippen molar-refractivity contribution in [1.29, 1.82) is 0 Å². The normalized spacial score (nSPS) is 17.0. The first-order valence-corrected chi connectivity index (χ1v) is 6.91. The second-order valence-electron chi connectivity index (χ2n) is 5.13. The van der Waals surface area contributed by atoms with E-state index in [1.807, 2.05) is 0 Å². The summed E-state index contributed by atoms with van der Waals surface area (Å²) < 4.78 is 0. The molecule has 0 saturated carbocycles. The molecule has 8 nitrogen and oxygen atoms in total. The minimum absolute atomic E-state index is 0.00850. The summed E-state index contributed by atoms with van der Waals surface area (Å²) in [5.74, 6) is -1.67. The zero-order valence-corrected chi connectivity index (χ0v) is 12.3. The number of primary amides is 1. The van der Waals surface area contributed by atoms with Gasteiger partial charge < -0.3 is 21.3 Å². The summed E-state index contributed by atoms with van der Waals surface area (Å²) in [5.41, 5.74) is 5.08. The van der Waals surface area contributed by atoms with Crippen molar-refractivity contribution in [3.05, 3.63) is 0 Å². The quantitative estimate of drug-likeness (QED) is 0.563. The van der Waals surface area contributed by atoms with E-state index in [1.165, 1.54) is 14.0 Å². The topological polar surface area (TPSA) is 122 Å².